The summed E-state index contributed by atoms with van der Waals surface area (Å²) in [6.07, 6.45) is 0.679. The number of carbonyl (C=O) groups excluding carboxylic acids is 2. The Labute approximate surface area is 147 Å². The highest BCUT2D eigenvalue weighted by Crippen LogP contribution is 2.31. The molecule has 0 bridgehead atoms. The summed E-state index contributed by atoms with van der Waals surface area (Å²) in [6.45, 7) is 0.756. The van der Waals surface area contributed by atoms with E-state index in [9.17, 15) is 18.4 Å². The van der Waals surface area contributed by atoms with Crippen molar-refractivity contribution in [1.82, 2.24) is 0 Å². The van der Waals surface area contributed by atoms with Crippen molar-refractivity contribution in [2.24, 2.45) is 0 Å². The Kier molecular flexibility index (Phi) is 6.46. The van der Waals surface area contributed by atoms with Crippen molar-refractivity contribution in [3.8, 4) is 5.75 Å². The first-order valence-corrected chi connectivity index (χ1v) is 8.42. The van der Waals surface area contributed by atoms with Crippen LogP contribution >= 0.6 is 11.3 Å². The van der Waals surface area contributed by atoms with Gasteiger partial charge in [-0.1, -0.05) is 19.1 Å². The summed E-state index contributed by atoms with van der Waals surface area (Å²) in [5.74, 6) is -1.43. The van der Waals surface area contributed by atoms with E-state index in [-0.39, 0.29) is 23.5 Å². The molecular formula is C17H17F2NO4S. The standard InChI is InChI=1S/C17H17F2NO4S/c1-3-10-9-12(16(22)23-4-2)15(25-10)20-14(21)11-7-5-6-8-13(11)24-17(18)19/h5-9,17H,3-4H2,1-2H3,(H,20,21). The van der Waals surface area contributed by atoms with E-state index in [1.54, 1.807) is 13.0 Å². The molecule has 8 heteroatoms. The van der Waals surface area contributed by atoms with Crippen LogP contribution in [0.15, 0.2) is 30.3 Å². The molecule has 0 atom stereocenters. The fraction of sp³-hybridized carbons (Fsp3) is 0.294. The van der Waals surface area contributed by atoms with E-state index in [1.807, 2.05) is 6.92 Å². The number of esters is 1. The van der Waals surface area contributed by atoms with Crippen molar-refractivity contribution in [2.75, 3.05) is 11.9 Å². The Morgan fingerprint density at radius 3 is 2.56 bits per heavy atom. The van der Waals surface area contributed by atoms with Crippen molar-refractivity contribution in [3.05, 3.63) is 46.3 Å². The molecule has 0 radical (unpaired) electrons. The third kappa shape index (κ3) is 4.76. The Bertz CT molecular complexity index is 761. The number of nitrogens with one attached hydrogen (secondary N) is 1. The highest BCUT2D eigenvalue weighted by molar-refractivity contribution is 7.16. The lowest BCUT2D eigenvalue weighted by Crippen LogP contribution is -2.16. The van der Waals surface area contributed by atoms with E-state index in [2.05, 4.69) is 10.1 Å². The molecule has 25 heavy (non-hydrogen) atoms. The second-order valence-corrected chi connectivity index (χ2v) is 6.00. The number of hydrogen-bond donors (Lipinski definition) is 1. The lowest BCUT2D eigenvalue weighted by Gasteiger charge is -2.11. The summed E-state index contributed by atoms with van der Waals surface area (Å²) in [6, 6.07) is 7.31. The topological polar surface area (TPSA) is 64.6 Å². The molecule has 1 heterocycles. The molecule has 0 fully saturated rings. The largest absolute Gasteiger partial charge is 0.462 e. The number of hydrogen-bond acceptors (Lipinski definition) is 5. The molecule has 134 valence electrons. The van der Waals surface area contributed by atoms with Crippen LogP contribution in [-0.2, 0) is 11.2 Å². The van der Waals surface area contributed by atoms with Gasteiger partial charge < -0.3 is 14.8 Å². The van der Waals surface area contributed by atoms with Gasteiger partial charge in [0.2, 0.25) is 0 Å². The molecule has 1 N–H and O–H groups in total. The van der Waals surface area contributed by atoms with Crippen molar-refractivity contribution >= 4 is 28.2 Å². The average Bonchev–Trinajstić information content (AvgIpc) is 2.98. The monoisotopic (exact) mass is 369 g/mol. The van der Waals surface area contributed by atoms with E-state index in [4.69, 9.17) is 4.74 Å². The van der Waals surface area contributed by atoms with Crippen molar-refractivity contribution in [2.45, 2.75) is 26.9 Å². The number of aryl methyl sites for hydroxylation is 1. The van der Waals surface area contributed by atoms with Crippen LogP contribution in [0.4, 0.5) is 13.8 Å². The zero-order chi connectivity index (χ0) is 18.4. The number of alkyl halides is 2. The van der Waals surface area contributed by atoms with Crippen LogP contribution in [0.3, 0.4) is 0 Å². The summed E-state index contributed by atoms with van der Waals surface area (Å²) < 4.78 is 34.3. The number of rotatable bonds is 7. The maximum Gasteiger partial charge on any atom is 0.387 e. The number of anilines is 1. The molecule has 1 aromatic carbocycles. The molecule has 0 aliphatic carbocycles. The summed E-state index contributed by atoms with van der Waals surface area (Å²) >= 11 is 1.23. The molecule has 1 amide bonds. The zero-order valence-electron chi connectivity index (χ0n) is 13.7. The van der Waals surface area contributed by atoms with Gasteiger partial charge in [0.1, 0.15) is 10.8 Å². The van der Waals surface area contributed by atoms with Gasteiger partial charge in [-0.05, 0) is 31.5 Å². The van der Waals surface area contributed by atoms with Crippen LogP contribution in [0.2, 0.25) is 0 Å². The Morgan fingerprint density at radius 1 is 1.20 bits per heavy atom. The van der Waals surface area contributed by atoms with Gasteiger partial charge in [0, 0.05) is 4.88 Å². The predicted octanol–water partition coefficient (Wildman–Crippen LogP) is 4.34. The Balaban J connectivity index is 2.29. The van der Waals surface area contributed by atoms with E-state index in [0.717, 1.165) is 4.88 Å². The normalized spacial score (nSPS) is 10.6. The van der Waals surface area contributed by atoms with E-state index < -0.39 is 18.5 Å². The van der Waals surface area contributed by atoms with Crippen LogP contribution in [-0.4, -0.2) is 25.1 Å². The van der Waals surface area contributed by atoms with Gasteiger partial charge in [-0.15, -0.1) is 11.3 Å². The van der Waals surface area contributed by atoms with E-state index in [1.165, 1.54) is 35.6 Å². The van der Waals surface area contributed by atoms with Gasteiger partial charge in [-0.25, -0.2) is 4.79 Å². The minimum Gasteiger partial charge on any atom is -0.462 e. The molecular weight excluding hydrogens is 352 g/mol. The lowest BCUT2D eigenvalue weighted by molar-refractivity contribution is -0.0501. The molecule has 1 aromatic heterocycles. The molecule has 5 nitrogen and oxygen atoms in total. The molecule has 0 saturated heterocycles. The second-order valence-electron chi connectivity index (χ2n) is 4.86. The SMILES string of the molecule is CCOC(=O)c1cc(CC)sc1NC(=O)c1ccccc1OC(F)F. The molecule has 0 spiro atoms. The van der Waals surface area contributed by atoms with Crippen molar-refractivity contribution < 1.29 is 27.8 Å². The first-order chi connectivity index (χ1) is 12.0. The molecule has 0 unspecified atom stereocenters. The summed E-state index contributed by atoms with van der Waals surface area (Å²) in [7, 11) is 0. The molecule has 2 rings (SSSR count). The van der Waals surface area contributed by atoms with Crippen LogP contribution in [0, 0.1) is 0 Å². The number of thiophene rings is 1. The number of amides is 1. The first kappa shape index (κ1) is 18.9. The highest BCUT2D eigenvalue weighted by atomic mass is 32.1. The number of benzene rings is 1. The Hall–Kier alpha value is -2.48. The summed E-state index contributed by atoms with van der Waals surface area (Å²) in [4.78, 5) is 25.4. The quantitative estimate of drug-likeness (QED) is 0.738. The number of ether oxygens (including phenoxy) is 2. The van der Waals surface area contributed by atoms with E-state index in [0.29, 0.717) is 11.4 Å². The van der Waals surface area contributed by atoms with Crippen LogP contribution in [0.1, 0.15) is 39.4 Å². The second kappa shape index (κ2) is 8.57. The third-order valence-electron chi connectivity index (χ3n) is 3.20. The first-order valence-electron chi connectivity index (χ1n) is 7.61. The van der Waals surface area contributed by atoms with Gasteiger partial charge in [-0.2, -0.15) is 8.78 Å². The molecule has 0 aliphatic heterocycles. The number of halogens is 2. The van der Waals surface area contributed by atoms with Crippen molar-refractivity contribution in [1.29, 1.82) is 0 Å². The summed E-state index contributed by atoms with van der Waals surface area (Å²) in [5, 5.41) is 2.90. The van der Waals surface area contributed by atoms with Gasteiger partial charge >= 0.3 is 12.6 Å². The molecule has 0 saturated carbocycles. The third-order valence-corrected chi connectivity index (χ3v) is 4.40. The average molecular weight is 369 g/mol. The Morgan fingerprint density at radius 2 is 1.92 bits per heavy atom. The van der Waals surface area contributed by atoms with Gasteiger partial charge in [0.05, 0.1) is 17.7 Å². The van der Waals surface area contributed by atoms with Crippen LogP contribution < -0.4 is 10.1 Å². The van der Waals surface area contributed by atoms with Crippen LogP contribution in [0.5, 0.6) is 5.75 Å². The molecule has 2 aromatic rings. The predicted molar refractivity (Wildman–Crippen MR) is 90.7 cm³/mol. The lowest BCUT2D eigenvalue weighted by atomic mass is 10.2. The minimum absolute atomic E-state index is 0.0518. The summed E-state index contributed by atoms with van der Waals surface area (Å²) in [5.41, 5.74) is 0.188. The molecule has 0 aliphatic rings. The fourth-order valence-electron chi connectivity index (χ4n) is 2.09. The zero-order valence-corrected chi connectivity index (χ0v) is 14.5. The maximum absolute atomic E-state index is 12.5. The fourth-order valence-corrected chi connectivity index (χ4v) is 3.07. The minimum atomic E-state index is -3.04. The number of para-hydroxylation sites is 1. The van der Waals surface area contributed by atoms with E-state index >= 15 is 0 Å². The smallest absolute Gasteiger partial charge is 0.387 e. The highest BCUT2D eigenvalue weighted by Gasteiger charge is 2.21. The van der Waals surface area contributed by atoms with Crippen LogP contribution in [0.25, 0.3) is 0 Å². The van der Waals surface area contributed by atoms with Gasteiger partial charge in [0.15, 0.2) is 0 Å². The van der Waals surface area contributed by atoms with Crippen molar-refractivity contribution in [3.63, 3.8) is 0 Å². The van der Waals surface area contributed by atoms with Gasteiger partial charge in [-0.3, -0.25) is 4.79 Å². The maximum atomic E-state index is 12.5. The number of carbonyl (C=O) groups is 2. The van der Waals surface area contributed by atoms with Gasteiger partial charge in [0.25, 0.3) is 5.91 Å².